The number of anilines is 1. The van der Waals surface area contributed by atoms with Gasteiger partial charge in [0.2, 0.25) is 5.95 Å². The molecule has 0 spiro atoms. The molecule has 0 aliphatic rings. The van der Waals surface area contributed by atoms with E-state index >= 15 is 0 Å². The van der Waals surface area contributed by atoms with Gasteiger partial charge in [0.05, 0.1) is 6.61 Å². The molecule has 1 aromatic heterocycles. The highest BCUT2D eigenvalue weighted by atomic mass is 16.3. The summed E-state index contributed by atoms with van der Waals surface area (Å²) < 4.78 is 1.49. The van der Waals surface area contributed by atoms with Crippen molar-refractivity contribution in [1.82, 2.24) is 14.8 Å². The fourth-order valence-corrected chi connectivity index (χ4v) is 0.754. The van der Waals surface area contributed by atoms with E-state index in [-0.39, 0.29) is 6.61 Å². The molecule has 0 fully saturated rings. The van der Waals surface area contributed by atoms with Crippen molar-refractivity contribution in [3.8, 4) is 0 Å². The van der Waals surface area contributed by atoms with Gasteiger partial charge >= 0.3 is 0 Å². The summed E-state index contributed by atoms with van der Waals surface area (Å²) in [6.45, 7) is 3.74. The van der Waals surface area contributed by atoms with E-state index in [1.54, 1.807) is 7.05 Å². The van der Waals surface area contributed by atoms with Gasteiger partial charge in [0.15, 0.2) is 5.82 Å². The van der Waals surface area contributed by atoms with Gasteiger partial charge < -0.3 is 10.8 Å². The van der Waals surface area contributed by atoms with Crippen molar-refractivity contribution in [2.24, 2.45) is 7.05 Å². The molecule has 68 valence electrons. The monoisotopic (exact) mass is 170 g/mol. The number of aliphatic hydroxyl groups is 1. The molecule has 3 N–H and O–H groups in total. The number of hydrogen-bond donors (Lipinski definition) is 2. The lowest BCUT2D eigenvalue weighted by Gasteiger charge is -2.16. The van der Waals surface area contributed by atoms with Crippen LogP contribution in [0.4, 0.5) is 5.95 Å². The average molecular weight is 170 g/mol. The van der Waals surface area contributed by atoms with Crippen molar-refractivity contribution in [1.29, 1.82) is 0 Å². The van der Waals surface area contributed by atoms with E-state index in [2.05, 4.69) is 10.1 Å². The quantitative estimate of drug-likeness (QED) is 0.637. The Kier molecular flexibility index (Phi) is 2.06. The van der Waals surface area contributed by atoms with E-state index in [0.717, 1.165) is 0 Å². The molecule has 0 saturated heterocycles. The summed E-state index contributed by atoms with van der Waals surface area (Å²) in [7, 11) is 1.72. The van der Waals surface area contributed by atoms with Gasteiger partial charge in [-0.1, -0.05) is 13.8 Å². The van der Waals surface area contributed by atoms with Gasteiger partial charge in [0.25, 0.3) is 0 Å². The number of rotatable bonds is 2. The van der Waals surface area contributed by atoms with Gasteiger partial charge in [-0.3, -0.25) is 0 Å². The predicted molar refractivity (Wildman–Crippen MR) is 45.5 cm³/mol. The summed E-state index contributed by atoms with van der Waals surface area (Å²) in [5.41, 5.74) is 5.08. The minimum atomic E-state index is -0.421. The second kappa shape index (κ2) is 2.75. The Hall–Kier alpha value is -1.10. The molecule has 1 aromatic rings. The number of nitrogen functional groups attached to an aromatic ring is 1. The molecular formula is C7H14N4O. The van der Waals surface area contributed by atoms with E-state index in [1.165, 1.54) is 4.68 Å². The molecular weight excluding hydrogens is 156 g/mol. The Morgan fingerprint density at radius 3 is 2.50 bits per heavy atom. The first-order chi connectivity index (χ1) is 5.47. The minimum Gasteiger partial charge on any atom is -0.395 e. The first-order valence-electron chi connectivity index (χ1n) is 3.75. The third kappa shape index (κ3) is 1.40. The lowest BCUT2D eigenvalue weighted by molar-refractivity contribution is 0.211. The minimum absolute atomic E-state index is 0.0104. The third-order valence-electron chi connectivity index (χ3n) is 1.80. The second-order valence-electron chi connectivity index (χ2n) is 3.46. The predicted octanol–water partition coefficient (Wildman–Crippen LogP) is -0.333. The van der Waals surface area contributed by atoms with Crippen molar-refractivity contribution in [2.45, 2.75) is 19.3 Å². The van der Waals surface area contributed by atoms with Crippen LogP contribution in [-0.2, 0) is 12.5 Å². The van der Waals surface area contributed by atoms with Crippen molar-refractivity contribution in [3.05, 3.63) is 5.82 Å². The average Bonchev–Trinajstić information content (AvgIpc) is 2.33. The number of hydrogen-bond acceptors (Lipinski definition) is 4. The maximum absolute atomic E-state index is 9.02. The molecule has 5 nitrogen and oxygen atoms in total. The molecule has 0 radical (unpaired) electrons. The largest absolute Gasteiger partial charge is 0.395 e. The Balaban J connectivity index is 3.04. The smallest absolute Gasteiger partial charge is 0.218 e. The molecule has 1 rings (SSSR count). The summed E-state index contributed by atoms with van der Waals surface area (Å²) in [5, 5.41) is 13.1. The zero-order chi connectivity index (χ0) is 9.35. The number of nitrogens with zero attached hydrogens (tertiary/aromatic N) is 3. The van der Waals surface area contributed by atoms with E-state index in [0.29, 0.717) is 11.8 Å². The zero-order valence-electron chi connectivity index (χ0n) is 7.57. The molecule has 0 bridgehead atoms. The number of aliphatic hydroxyl groups excluding tert-OH is 1. The third-order valence-corrected chi connectivity index (χ3v) is 1.80. The Labute approximate surface area is 71.2 Å². The fraction of sp³-hybridized carbons (Fsp3) is 0.714. The summed E-state index contributed by atoms with van der Waals surface area (Å²) in [5.74, 6) is 0.941. The van der Waals surface area contributed by atoms with E-state index in [4.69, 9.17) is 10.8 Å². The highest BCUT2D eigenvalue weighted by molar-refractivity contribution is 5.18. The molecule has 12 heavy (non-hydrogen) atoms. The van der Waals surface area contributed by atoms with Crippen LogP contribution in [0.5, 0.6) is 0 Å². The molecule has 1 heterocycles. The standard InChI is InChI=1S/C7H14N4O/c1-7(2,4-12)5-9-6(8)11(3)10-5/h12H,4H2,1-3H3,(H2,8,9,10). The highest BCUT2D eigenvalue weighted by Gasteiger charge is 2.24. The van der Waals surface area contributed by atoms with Crippen LogP contribution >= 0.6 is 0 Å². The van der Waals surface area contributed by atoms with Gasteiger partial charge in [-0.2, -0.15) is 10.1 Å². The molecule has 5 heteroatoms. The fourth-order valence-electron chi connectivity index (χ4n) is 0.754. The summed E-state index contributed by atoms with van der Waals surface area (Å²) in [6.07, 6.45) is 0. The molecule has 0 aromatic carbocycles. The van der Waals surface area contributed by atoms with Crippen molar-refractivity contribution in [3.63, 3.8) is 0 Å². The molecule has 0 saturated carbocycles. The molecule has 0 atom stereocenters. The molecule has 0 amide bonds. The number of nitrogens with two attached hydrogens (primary N) is 1. The van der Waals surface area contributed by atoms with Crippen LogP contribution in [0.15, 0.2) is 0 Å². The SMILES string of the molecule is Cn1nc(C(C)(C)CO)nc1N. The number of aryl methyl sites for hydroxylation is 1. The van der Waals surface area contributed by atoms with Gasteiger partial charge in [0.1, 0.15) is 0 Å². The van der Waals surface area contributed by atoms with Crippen LogP contribution in [0.2, 0.25) is 0 Å². The van der Waals surface area contributed by atoms with Crippen molar-refractivity contribution in [2.75, 3.05) is 12.3 Å². The van der Waals surface area contributed by atoms with Crippen molar-refractivity contribution < 1.29 is 5.11 Å². The van der Waals surface area contributed by atoms with Crippen LogP contribution in [0.1, 0.15) is 19.7 Å². The van der Waals surface area contributed by atoms with E-state index in [9.17, 15) is 0 Å². The van der Waals surface area contributed by atoms with Crippen LogP contribution in [0, 0.1) is 0 Å². The van der Waals surface area contributed by atoms with Gasteiger partial charge in [-0.05, 0) is 0 Å². The maximum Gasteiger partial charge on any atom is 0.218 e. The van der Waals surface area contributed by atoms with Crippen LogP contribution in [-0.4, -0.2) is 26.5 Å². The van der Waals surface area contributed by atoms with Gasteiger partial charge in [-0.15, -0.1) is 0 Å². The lowest BCUT2D eigenvalue weighted by Crippen LogP contribution is -2.24. The first kappa shape index (κ1) is 8.99. The lowest BCUT2D eigenvalue weighted by atomic mass is 9.94. The van der Waals surface area contributed by atoms with Crippen LogP contribution in [0.25, 0.3) is 0 Å². The van der Waals surface area contributed by atoms with Crippen LogP contribution in [0.3, 0.4) is 0 Å². The summed E-state index contributed by atoms with van der Waals surface area (Å²) >= 11 is 0. The maximum atomic E-state index is 9.02. The topological polar surface area (TPSA) is 77.0 Å². The van der Waals surface area contributed by atoms with E-state index in [1.807, 2.05) is 13.8 Å². The van der Waals surface area contributed by atoms with Crippen molar-refractivity contribution >= 4 is 5.95 Å². The Bertz CT molecular complexity index is 259. The molecule has 0 aliphatic carbocycles. The zero-order valence-corrected chi connectivity index (χ0v) is 7.57. The normalized spacial score (nSPS) is 12.0. The molecule has 0 aliphatic heterocycles. The summed E-state index contributed by atoms with van der Waals surface area (Å²) in [4.78, 5) is 4.02. The van der Waals surface area contributed by atoms with Gasteiger partial charge in [0, 0.05) is 12.5 Å². The van der Waals surface area contributed by atoms with Crippen LogP contribution < -0.4 is 5.73 Å². The van der Waals surface area contributed by atoms with Gasteiger partial charge in [-0.25, -0.2) is 4.68 Å². The number of aromatic nitrogens is 3. The molecule has 0 unspecified atom stereocenters. The highest BCUT2D eigenvalue weighted by Crippen LogP contribution is 2.18. The first-order valence-corrected chi connectivity index (χ1v) is 3.75. The Morgan fingerprint density at radius 2 is 2.17 bits per heavy atom. The summed E-state index contributed by atoms with van der Waals surface area (Å²) in [6, 6.07) is 0. The second-order valence-corrected chi connectivity index (χ2v) is 3.46. The Morgan fingerprint density at radius 1 is 1.58 bits per heavy atom. The van der Waals surface area contributed by atoms with E-state index < -0.39 is 5.41 Å².